The van der Waals surface area contributed by atoms with Crippen molar-refractivity contribution in [3.05, 3.63) is 83.4 Å². The van der Waals surface area contributed by atoms with E-state index in [9.17, 15) is 9.59 Å². The summed E-state index contributed by atoms with van der Waals surface area (Å²) in [6, 6.07) is 20.3. The molecule has 2 unspecified atom stereocenters. The minimum Gasteiger partial charge on any atom is -0.497 e. The zero-order chi connectivity index (χ0) is 29.1. The van der Waals surface area contributed by atoms with Crippen molar-refractivity contribution in [2.75, 3.05) is 58.4 Å². The molecule has 0 aliphatic carbocycles. The normalized spacial score (nSPS) is 19.0. The number of hydrogen-bond acceptors (Lipinski definition) is 8. The molecule has 1 aromatic heterocycles. The molecule has 0 spiro atoms. The van der Waals surface area contributed by atoms with Gasteiger partial charge in [-0.15, -0.1) is 0 Å². The third-order valence-electron chi connectivity index (χ3n) is 7.84. The van der Waals surface area contributed by atoms with E-state index in [0.29, 0.717) is 49.2 Å². The number of carbonyl (C=O) groups is 2. The molecule has 10 heteroatoms. The predicted octanol–water partition coefficient (Wildman–Crippen LogP) is 4.96. The van der Waals surface area contributed by atoms with Crippen LogP contribution in [0.1, 0.15) is 40.4 Å². The average Bonchev–Trinajstić information content (AvgIpc) is 3.43. The predicted molar refractivity (Wildman–Crippen MR) is 163 cm³/mol. The molecular weight excluding hydrogens is 552 g/mol. The van der Waals surface area contributed by atoms with Gasteiger partial charge in [-0.05, 0) is 54.4 Å². The number of amides is 2. The molecule has 0 bridgehead atoms. The fourth-order valence-electron chi connectivity index (χ4n) is 5.76. The highest BCUT2D eigenvalue weighted by atomic mass is 32.1. The largest absolute Gasteiger partial charge is 0.497 e. The number of thiazole rings is 1. The lowest BCUT2D eigenvalue weighted by molar-refractivity contribution is -0.119. The molecule has 6 rings (SSSR count). The average molecular weight is 587 g/mol. The molecule has 0 saturated carbocycles. The van der Waals surface area contributed by atoms with Crippen LogP contribution in [0, 0.1) is 0 Å². The van der Waals surface area contributed by atoms with Crippen molar-refractivity contribution in [3.63, 3.8) is 0 Å². The van der Waals surface area contributed by atoms with Gasteiger partial charge in [0.2, 0.25) is 5.91 Å². The summed E-state index contributed by atoms with van der Waals surface area (Å²) in [5.74, 6) is 0.540. The Balaban J connectivity index is 1.38. The van der Waals surface area contributed by atoms with Crippen molar-refractivity contribution >= 4 is 38.5 Å². The first-order valence-corrected chi connectivity index (χ1v) is 15.1. The van der Waals surface area contributed by atoms with Gasteiger partial charge in [0, 0.05) is 31.7 Å². The Morgan fingerprint density at radius 2 is 1.81 bits per heavy atom. The third kappa shape index (κ3) is 5.70. The number of benzene rings is 3. The number of hydrogen-bond donors (Lipinski definition) is 1. The molecule has 218 valence electrons. The van der Waals surface area contributed by atoms with Crippen LogP contribution in [0.25, 0.3) is 10.2 Å². The van der Waals surface area contributed by atoms with Crippen molar-refractivity contribution in [3.8, 4) is 11.5 Å². The Morgan fingerprint density at radius 1 is 1.05 bits per heavy atom. The van der Waals surface area contributed by atoms with E-state index in [1.165, 1.54) is 11.3 Å². The van der Waals surface area contributed by atoms with E-state index in [1.807, 2.05) is 78.6 Å². The van der Waals surface area contributed by atoms with Crippen molar-refractivity contribution in [2.24, 2.45) is 0 Å². The van der Waals surface area contributed by atoms with Gasteiger partial charge in [-0.25, -0.2) is 4.98 Å². The SMILES string of the molecule is CCOc1ccc(C2C(C(=O)Nc3nc4ccc(OC)cc4s3)c3ccccc3C(=O)N2CCN2CCOCC2)cc1. The first kappa shape index (κ1) is 28.1. The number of rotatable bonds is 9. The van der Waals surface area contributed by atoms with Crippen LogP contribution in [-0.2, 0) is 9.53 Å². The number of aromatic nitrogens is 1. The van der Waals surface area contributed by atoms with Crippen molar-refractivity contribution in [1.29, 1.82) is 0 Å². The van der Waals surface area contributed by atoms with E-state index in [4.69, 9.17) is 14.2 Å². The molecule has 0 radical (unpaired) electrons. The second-order valence-electron chi connectivity index (χ2n) is 10.3. The lowest BCUT2D eigenvalue weighted by Gasteiger charge is -2.42. The van der Waals surface area contributed by atoms with Crippen LogP contribution >= 0.6 is 11.3 Å². The van der Waals surface area contributed by atoms with Gasteiger partial charge in [0.1, 0.15) is 11.5 Å². The molecular formula is C32H34N4O5S. The van der Waals surface area contributed by atoms with Gasteiger partial charge >= 0.3 is 0 Å². The number of fused-ring (bicyclic) bond motifs is 2. The van der Waals surface area contributed by atoms with Crippen LogP contribution in [0.15, 0.2) is 66.7 Å². The quantitative estimate of drug-likeness (QED) is 0.297. The number of nitrogens with zero attached hydrogens (tertiary/aromatic N) is 3. The monoisotopic (exact) mass is 586 g/mol. The molecule has 2 amide bonds. The summed E-state index contributed by atoms with van der Waals surface area (Å²) >= 11 is 1.40. The van der Waals surface area contributed by atoms with Crippen LogP contribution in [-0.4, -0.2) is 79.7 Å². The second-order valence-corrected chi connectivity index (χ2v) is 11.3. The fourth-order valence-corrected chi connectivity index (χ4v) is 6.66. The van der Waals surface area contributed by atoms with Gasteiger partial charge in [-0.2, -0.15) is 0 Å². The first-order chi connectivity index (χ1) is 20.6. The molecule has 4 aromatic rings. The lowest BCUT2D eigenvalue weighted by Crippen LogP contribution is -2.49. The van der Waals surface area contributed by atoms with Crippen LogP contribution in [0.3, 0.4) is 0 Å². The van der Waals surface area contributed by atoms with E-state index >= 15 is 0 Å². The fraction of sp³-hybridized carbons (Fsp3) is 0.344. The zero-order valence-corrected chi connectivity index (χ0v) is 24.6. The van der Waals surface area contributed by atoms with E-state index in [2.05, 4.69) is 15.2 Å². The summed E-state index contributed by atoms with van der Waals surface area (Å²) in [7, 11) is 1.62. The Labute approximate surface area is 249 Å². The molecule has 2 aliphatic rings. The molecule has 2 aliphatic heterocycles. The molecule has 3 heterocycles. The minimum atomic E-state index is -0.650. The summed E-state index contributed by atoms with van der Waals surface area (Å²) in [5, 5.41) is 3.59. The summed E-state index contributed by atoms with van der Waals surface area (Å²) < 4.78 is 17.5. The van der Waals surface area contributed by atoms with Gasteiger partial charge in [0.15, 0.2) is 5.13 Å². The summed E-state index contributed by atoms with van der Waals surface area (Å²) in [4.78, 5) is 37.2. The number of nitrogens with one attached hydrogen (secondary N) is 1. The molecule has 9 nitrogen and oxygen atoms in total. The summed E-state index contributed by atoms with van der Waals surface area (Å²) in [6.07, 6.45) is 0. The highest BCUT2D eigenvalue weighted by Gasteiger charge is 2.44. The van der Waals surface area contributed by atoms with Gasteiger partial charge in [0.05, 0.1) is 49.1 Å². The topological polar surface area (TPSA) is 93.2 Å². The molecule has 42 heavy (non-hydrogen) atoms. The van der Waals surface area contributed by atoms with Gasteiger partial charge in [0.25, 0.3) is 5.91 Å². The summed E-state index contributed by atoms with van der Waals surface area (Å²) in [5.41, 5.74) is 2.92. The van der Waals surface area contributed by atoms with Crippen molar-refractivity contribution in [2.45, 2.75) is 18.9 Å². The Morgan fingerprint density at radius 3 is 2.57 bits per heavy atom. The van der Waals surface area contributed by atoms with Crippen molar-refractivity contribution < 1.29 is 23.8 Å². The minimum absolute atomic E-state index is 0.0751. The van der Waals surface area contributed by atoms with Crippen LogP contribution in [0.2, 0.25) is 0 Å². The van der Waals surface area contributed by atoms with Crippen LogP contribution in [0.4, 0.5) is 5.13 Å². The van der Waals surface area contributed by atoms with Crippen LogP contribution in [0.5, 0.6) is 11.5 Å². The Kier molecular flexibility index (Phi) is 8.36. The molecule has 1 N–H and O–H groups in total. The van der Waals surface area contributed by atoms with E-state index in [0.717, 1.165) is 40.4 Å². The van der Waals surface area contributed by atoms with E-state index in [-0.39, 0.29) is 11.8 Å². The van der Waals surface area contributed by atoms with Gasteiger partial charge in [-0.1, -0.05) is 41.7 Å². The van der Waals surface area contributed by atoms with Gasteiger partial charge in [-0.3, -0.25) is 14.5 Å². The molecule has 1 saturated heterocycles. The number of anilines is 1. The first-order valence-electron chi connectivity index (χ1n) is 14.2. The Hall–Kier alpha value is -3.99. The third-order valence-corrected chi connectivity index (χ3v) is 8.77. The van der Waals surface area contributed by atoms with Crippen molar-refractivity contribution in [1.82, 2.24) is 14.8 Å². The number of methoxy groups -OCH3 is 1. The van der Waals surface area contributed by atoms with Crippen LogP contribution < -0.4 is 14.8 Å². The second kappa shape index (κ2) is 12.5. The smallest absolute Gasteiger partial charge is 0.254 e. The highest BCUT2D eigenvalue weighted by molar-refractivity contribution is 7.22. The maximum absolute atomic E-state index is 14.3. The highest BCUT2D eigenvalue weighted by Crippen LogP contribution is 2.44. The molecule has 1 fully saturated rings. The number of morpholine rings is 1. The standard InChI is InChI=1S/C32H34N4O5S/c1-3-41-22-10-8-21(9-11-22)29-28(30(37)34-32-33-26-13-12-23(39-2)20-27(26)42-32)24-6-4-5-7-25(24)31(38)36(29)15-14-35-16-18-40-19-17-35/h4-13,20,28-29H,3,14-19H2,1-2H3,(H,33,34,37). The van der Waals surface area contributed by atoms with Gasteiger partial charge < -0.3 is 24.4 Å². The maximum Gasteiger partial charge on any atom is 0.254 e. The van der Waals surface area contributed by atoms with E-state index < -0.39 is 12.0 Å². The lowest BCUT2D eigenvalue weighted by atomic mass is 9.79. The number of carbonyl (C=O) groups excluding carboxylic acids is 2. The zero-order valence-electron chi connectivity index (χ0n) is 23.7. The van der Waals surface area contributed by atoms with E-state index in [1.54, 1.807) is 7.11 Å². The summed E-state index contributed by atoms with van der Waals surface area (Å²) in [6.45, 7) is 6.66. The molecule has 2 atom stereocenters. The number of ether oxygens (including phenoxy) is 3. The maximum atomic E-state index is 14.3. The molecule has 3 aromatic carbocycles. The Bertz CT molecular complexity index is 1570.